The Morgan fingerprint density at radius 1 is 0.645 bits per heavy atom. The normalized spacial score (nSPS) is 30.7. The molecular formula is C62H118F3N11. The van der Waals surface area contributed by atoms with Crippen LogP contribution in [0.5, 0.6) is 0 Å². The lowest BCUT2D eigenvalue weighted by Gasteiger charge is -2.41. The molecule has 4 N–H and O–H groups in total. The monoisotopic (exact) mass is 1070 g/mol. The lowest BCUT2D eigenvalue weighted by atomic mass is 9.84. The topological polar surface area (TPSA) is 70.8 Å². The van der Waals surface area contributed by atoms with Crippen LogP contribution in [-0.2, 0) is 12.6 Å². The average molecular weight is 1070 g/mol. The van der Waals surface area contributed by atoms with Gasteiger partial charge in [-0.3, -0.25) is 4.90 Å². The van der Waals surface area contributed by atoms with Gasteiger partial charge in [-0.15, -0.1) is 0 Å². The van der Waals surface area contributed by atoms with E-state index in [9.17, 15) is 13.2 Å². The highest BCUT2D eigenvalue weighted by molar-refractivity contribution is 5.24. The Morgan fingerprint density at radius 3 is 2.01 bits per heavy atom. The Kier molecular flexibility index (Phi) is 28.8. The smallest absolute Gasteiger partial charge is 0.313 e. The molecule has 8 atom stereocenters. The van der Waals surface area contributed by atoms with Crippen molar-refractivity contribution in [2.45, 2.75) is 205 Å². The van der Waals surface area contributed by atoms with Crippen LogP contribution >= 0.6 is 0 Å². The van der Waals surface area contributed by atoms with Crippen LogP contribution in [0.4, 0.5) is 13.2 Å². The second kappa shape index (κ2) is 33.5. The van der Waals surface area contributed by atoms with Crippen LogP contribution in [0.3, 0.4) is 0 Å². The summed E-state index contributed by atoms with van der Waals surface area (Å²) in [5, 5.41) is 16.4. The van der Waals surface area contributed by atoms with Gasteiger partial charge in [-0.2, -0.15) is 13.2 Å². The molecule has 1 aromatic rings. The Morgan fingerprint density at radius 2 is 1.33 bits per heavy atom. The van der Waals surface area contributed by atoms with Gasteiger partial charge in [0.15, 0.2) is 0 Å². The molecule has 0 unspecified atom stereocenters. The third-order valence-corrected chi connectivity index (χ3v) is 19.2. The van der Waals surface area contributed by atoms with E-state index in [2.05, 4.69) is 139 Å². The van der Waals surface area contributed by atoms with E-state index in [0.717, 1.165) is 129 Å². The highest BCUT2D eigenvalue weighted by Crippen LogP contribution is 2.33. The van der Waals surface area contributed by atoms with Crippen LogP contribution in [0.15, 0.2) is 24.3 Å². The van der Waals surface area contributed by atoms with Crippen molar-refractivity contribution >= 4 is 0 Å². The number of halogens is 3. The quantitative estimate of drug-likeness (QED) is 0.192. The SMILES string of the molecule is CC[C@H](C)[C@H]1CN(C)CCN(C)CCN(C)[C@@H](CC2CCCCC2)CN(C)CCN[C@@H](CCc2ccc(C(F)(F)F)cc2)CN2CCC[C@H]2CNC2(CCCC2)CN(C)[C@@H](CC(C)C)CN[C@H](C)CCN(C)[C@@H](C)CN1. The number of aryl methyl sites for hydroxylation is 1. The van der Waals surface area contributed by atoms with Crippen molar-refractivity contribution in [3.8, 4) is 0 Å². The summed E-state index contributed by atoms with van der Waals surface area (Å²) in [6.07, 6.45) is 16.4. The van der Waals surface area contributed by atoms with Crippen molar-refractivity contribution in [1.29, 1.82) is 0 Å². The lowest BCUT2D eigenvalue weighted by Crippen LogP contribution is -2.57. The van der Waals surface area contributed by atoms with Crippen molar-refractivity contribution < 1.29 is 13.2 Å². The van der Waals surface area contributed by atoms with E-state index in [1.807, 2.05) is 0 Å². The zero-order chi connectivity index (χ0) is 55.3. The molecule has 4 aliphatic rings. The maximum Gasteiger partial charge on any atom is 0.416 e. The Labute approximate surface area is 465 Å². The maximum absolute atomic E-state index is 13.5. The molecule has 1 aromatic carbocycles. The summed E-state index contributed by atoms with van der Waals surface area (Å²) in [4.78, 5) is 18.4. The van der Waals surface area contributed by atoms with Crippen LogP contribution in [0.1, 0.15) is 155 Å². The first-order valence-corrected chi connectivity index (χ1v) is 31.2. The number of hydrogen-bond donors (Lipinski definition) is 4. The molecule has 0 bridgehead atoms. The van der Waals surface area contributed by atoms with Crippen molar-refractivity contribution in [2.24, 2.45) is 17.8 Å². The maximum atomic E-state index is 13.5. The number of likely N-dealkylation sites (N-methyl/N-ethyl adjacent to an activating group) is 6. The fraction of sp³-hybridized carbons (Fsp3) is 0.903. The largest absolute Gasteiger partial charge is 0.416 e. The van der Waals surface area contributed by atoms with Crippen molar-refractivity contribution in [1.82, 2.24) is 55.6 Å². The fourth-order valence-electron chi connectivity index (χ4n) is 13.2. The molecule has 2 saturated heterocycles. The van der Waals surface area contributed by atoms with Crippen LogP contribution in [0.2, 0.25) is 0 Å². The van der Waals surface area contributed by atoms with Crippen LogP contribution in [0, 0.1) is 17.8 Å². The molecule has 14 heteroatoms. The van der Waals surface area contributed by atoms with Gasteiger partial charge in [0, 0.05) is 133 Å². The predicted molar refractivity (Wildman–Crippen MR) is 317 cm³/mol. The first kappa shape index (κ1) is 65.4. The van der Waals surface area contributed by atoms with E-state index in [0.29, 0.717) is 48.1 Å². The lowest BCUT2D eigenvalue weighted by molar-refractivity contribution is -0.137. The molecular weight excluding hydrogens is 956 g/mol. The van der Waals surface area contributed by atoms with Gasteiger partial charge in [0.1, 0.15) is 0 Å². The first-order valence-electron chi connectivity index (χ1n) is 31.2. The molecule has 2 aliphatic heterocycles. The molecule has 2 saturated carbocycles. The highest BCUT2D eigenvalue weighted by atomic mass is 19.4. The number of alkyl halides is 3. The average Bonchev–Trinajstić information content (AvgIpc) is 4.06. The fourth-order valence-corrected chi connectivity index (χ4v) is 13.2. The number of nitrogens with one attached hydrogen (secondary N) is 4. The zero-order valence-corrected chi connectivity index (χ0v) is 51.0. The third kappa shape index (κ3) is 23.2. The molecule has 0 aromatic heterocycles. The summed E-state index contributed by atoms with van der Waals surface area (Å²) in [6.45, 7) is 29.8. The molecule has 0 radical (unpaired) electrons. The Bertz CT molecular complexity index is 1670. The summed E-state index contributed by atoms with van der Waals surface area (Å²) in [5.41, 5.74) is 0.533. The number of benzene rings is 1. The summed E-state index contributed by atoms with van der Waals surface area (Å²) in [6, 6.07) is 8.97. The molecule has 5 rings (SSSR count). The second-order valence-corrected chi connectivity index (χ2v) is 26.3. The van der Waals surface area contributed by atoms with E-state index in [1.54, 1.807) is 12.1 Å². The van der Waals surface area contributed by atoms with Gasteiger partial charge in [0.2, 0.25) is 0 Å². The molecule has 11 nitrogen and oxygen atoms in total. The predicted octanol–water partition coefficient (Wildman–Crippen LogP) is 9.08. The number of hydrogen-bond acceptors (Lipinski definition) is 11. The molecule has 4 fully saturated rings. The molecule has 76 heavy (non-hydrogen) atoms. The van der Waals surface area contributed by atoms with Gasteiger partial charge in [-0.05, 0) is 162 Å². The van der Waals surface area contributed by atoms with Gasteiger partial charge in [-0.25, -0.2) is 0 Å². The number of rotatable bonds is 9. The van der Waals surface area contributed by atoms with Crippen LogP contribution in [-0.4, -0.2) is 223 Å². The zero-order valence-electron chi connectivity index (χ0n) is 51.0. The van der Waals surface area contributed by atoms with Crippen LogP contribution in [0.25, 0.3) is 0 Å². The summed E-state index contributed by atoms with van der Waals surface area (Å²) >= 11 is 0. The molecule has 0 amide bonds. The molecule has 442 valence electrons. The summed E-state index contributed by atoms with van der Waals surface area (Å²) < 4.78 is 40.6. The van der Waals surface area contributed by atoms with E-state index in [1.165, 1.54) is 102 Å². The van der Waals surface area contributed by atoms with Gasteiger partial charge in [0.05, 0.1) is 5.56 Å². The number of fused-ring (bicyclic) bond motifs is 1. The minimum absolute atomic E-state index is 0.126. The van der Waals surface area contributed by atoms with Crippen molar-refractivity contribution in [2.75, 3.05) is 140 Å². The van der Waals surface area contributed by atoms with Crippen molar-refractivity contribution in [3.05, 3.63) is 35.4 Å². The van der Waals surface area contributed by atoms with E-state index in [-0.39, 0.29) is 11.6 Å². The van der Waals surface area contributed by atoms with E-state index >= 15 is 0 Å². The van der Waals surface area contributed by atoms with Gasteiger partial charge in [-0.1, -0.05) is 91.2 Å². The number of nitrogens with zero attached hydrogens (tertiary/aromatic N) is 7. The third-order valence-electron chi connectivity index (χ3n) is 19.2. The van der Waals surface area contributed by atoms with E-state index < -0.39 is 11.7 Å². The van der Waals surface area contributed by atoms with Gasteiger partial charge in [0.25, 0.3) is 0 Å². The molecule has 2 aliphatic carbocycles. The first-order chi connectivity index (χ1) is 36.2. The van der Waals surface area contributed by atoms with Crippen LogP contribution < -0.4 is 21.3 Å². The van der Waals surface area contributed by atoms with Gasteiger partial charge < -0.3 is 50.7 Å². The van der Waals surface area contributed by atoms with E-state index in [4.69, 9.17) is 0 Å². The second-order valence-electron chi connectivity index (χ2n) is 26.3. The van der Waals surface area contributed by atoms with Crippen molar-refractivity contribution in [3.63, 3.8) is 0 Å². The Hall–Kier alpha value is -1.43. The summed E-state index contributed by atoms with van der Waals surface area (Å²) in [7, 11) is 14.0. The minimum atomic E-state index is -4.32. The summed E-state index contributed by atoms with van der Waals surface area (Å²) in [5.74, 6) is 2.05. The standard InChI is InChI=1S/C62H118F3N11/c1-13-50(4)60-47-72(9)37-36-70(7)38-39-74(11)59(41-54-20-15-14-16-21-54)46-71(8)35-32-66-56(28-25-53-23-26-55(27-24-53)62(63,64)65)45-76-33-19-22-57(76)44-69-61(30-17-18-31-61)48-75(12)58(40-49(2)3)43-67-51(5)29-34-73(10)52(6)42-68-60/h23-24,26-27,49-52,54,56-60,66-69H,13-22,25,28-48H2,1-12H3/t50-,51+,52-,56-,57-,58-,59-,60+/m0/s1. The molecule has 1 spiro atoms. The highest BCUT2D eigenvalue weighted by Gasteiger charge is 2.38. The minimum Gasteiger partial charge on any atom is -0.313 e. The molecule has 2 heterocycles. The Balaban J connectivity index is 1.33. The van der Waals surface area contributed by atoms with Gasteiger partial charge >= 0.3 is 6.18 Å².